The van der Waals surface area contributed by atoms with Gasteiger partial charge in [-0.2, -0.15) is 0 Å². The smallest absolute Gasteiger partial charge is 0.328 e. The summed E-state index contributed by atoms with van der Waals surface area (Å²) in [5.41, 5.74) is 2.07. The standard InChI is InChI=1S/C22H37NO2.C4H4O4/c1-14(25)18-6-7-20-17-5-4-15-12-16(23-3)8-10-21(15,2)19(17)9-11-22(18,20)13-24;5-3(6)1-2-4(7)8/h4,14,16-20,23-25H,5-13H2,1-3H3;1-2H,(H,5,6)(H,7,8)/b;2-1-/t14-,16-,17+,18+,19-,20-,21-,22-;/m0./s1. The molecule has 5 N–H and O–H groups in total. The van der Waals surface area contributed by atoms with E-state index in [-0.39, 0.29) is 18.1 Å². The minimum atomic E-state index is -1.26. The zero-order valence-corrected chi connectivity index (χ0v) is 20.2. The van der Waals surface area contributed by atoms with Gasteiger partial charge in [-0.1, -0.05) is 18.6 Å². The minimum Gasteiger partial charge on any atom is -0.478 e. The van der Waals surface area contributed by atoms with Crippen molar-refractivity contribution in [3.63, 3.8) is 0 Å². The van der Waals surface area contributed by atoms with E-state index in [0.29, 0.717) is 41.4 Å². The maximum atomic E-state index is 10.4. The van der Waals surface area contributed by atoms with Crippen LogP contribution in [0.5, 0.6) is 0 Å². The first-order valence-electron chi connectivity index (χ1n) is 12.4. The molecule has 0 unspecified atom stereocenters. The molecule has 0 spiro atoms. The molecule has 186 valence electrons. The Morgan fingerprint density at radius 3 is 2.33 bits per heavy atom. The second-order valence-electron chi connectivity index (χ2n) is 10.9. The second-order valence-corrected chi connectivity index (χ2v) is 10.9. The van der Waals surface area contributed by atoms with Gasteiger partial charge in [-0.3, -0.25) is 0 Å². The van der Waals surface area contributed by atoms with E-state index in [1.165, 1.54) is 38.5 Å². The fourth-order valence-corrected chi connectivity index (χ4v) is 7.94. The number of hydrogen-bond donors (Lipinski definition) is 5. The van der Waals surface area contributed by atoms with E-state index in [2.05, 4.69) is 25.4 Å². The first-order valence-corrected chi connectivity index (χ1v) is 12.4. The molecule has 3 fully saturated rings. The number of aliphatic hydroxyl groups is 2. The summed E-state index contributed by atoms with van der Waals surface area (Å²) >= 11 is 0. The molecule has 0 saturated heterocycles. The van der Waals surface area contributed by atoms with Crippen LogP contribution in [0.4, 0.5) is 0 Å². The van der Waals surface area contributed by atoms with Crippen LogP contribution in [0.1, 0.15) is 65.2 Å². The fourth-order valence-electron chi connectivity index (χ4n) is 7.94. The van der Waals surface area contributed by atoms with Gasteiger partial charge in [0.05, 0.1) is 6.10 Å². The Bertz CT molecular complexity index is 776. The highest BCUT2D eigenvalue weighted by Gasteiger charge is 2.60. The van der Waals surface area contributed by atoms with Crippen molar-refractivity contribution in [2.75, 3.05) is 13.7 Å². The SMILES string of the molecule is CN[C@H]1CC[C@@]2(C)C(=CC[C@H]3[C@@H]4CC[C@H]([C@H](C)O)[C@@]4(CO)CC[C@@H]32)C1.O=C(O)/C=C\C(=O)O. The Balaban J connectivity index is 0.000000331. The third-order valence-corrected chi connectivity index (χ3v) is 9.54. The van der Waals surface area contributed by atoms with E-state index in [0.717, 1.165) is 18.8 Å². The highest BCUT2D eigenvalue weighted by atomic mass is 16.4. The monoisotopic (exact) mass is 463 g/mol. The average molecular weight is 464 g/mol. The van der Waals surface area contributed by atoms with E-state index in [4.69, 9.17) is 10.2 Å². The largest absolute Gasteiger partial charge is 0.478 e. The fraction of sp³-hybridized carbons (Fsp3) is 0.769. The van der Waals surface area contributed by atoms with Crippen molar-refractivity contribution >= 4 is 11.9 Å². The molecule has 3 saturated carbocycles. The molecule has 4 rings (SSSR count). The van der Waals surface area contributed by atoms with Gasteiger partial charge in [0.1, 0.15) is 0 Å². The second kappa shape index (κ2) is 10.3. The highest BCUT2D eigenvalue weighted by molar-refractivity contribution is 5.89. The molecular formula is C26H41NO6. The van der Waals surface area contributed by atoms with Crippen LogP contribution >= 0.6 is 0 Å². The molecule has 4 aliphatic carbocycles. The van der Waals surface area contributed by atoms with Gasteiger partial charge in [0.15, 0.2) is 0 Å². The van der Waals surface area contributed by atoms with Crippen molar-refractivity contribution in [3.8, 4) is 0 Å². The summed E-state index contributed by atoms with van der Waals surface area (Å²) in [6.07, 6.45) is 13.1. The Kier molecular flexibility index (Phi) is 8.07. The Morgan fingerprint density at radius 2 is 1.79 bits per heavy atom. The number of fused-ring (bicyclic) bond motifs is 5. The lowest BCUT2D eigenvalue weighted by Gasteiger charge is -2.58. The van der Waals surface area contributed by atoms with Crippen LogP contribution < -0.4 is 5.32 Å². The first kappa shape index (κ1) is 25.9. The number of aliphatic carboxylic acids is 2. The number of carboxylic acids is 2. The van der Waals surface area contributed by atoms with E-state index in [1.807, 2.05) is 6.92 Å². The molecule has 8 atom stereocenters. The molecule has 0 aromatic heterocycles. The number of allylic oxidation sites excluding steroid dienone is 1. The molecule has 0 aromatic carbocycles. The predicted octanol–water partition coefficient (Wildman–Crippen LogP) is 3.22. The number of aliphatic hydroxyl groups excluding tert-OH is 2. The summed E-state index contributed by atoms with van der Waals surface area (Å²) in [5, 5.41) is 39.9. The number of carboxylic acid groups (broad SMARTS) is 2. The summed E-state index contributed by atoms with van der Waals surface area (Å²) in [6.45, 7) is 4.75. The lowest BCUT2D eigenvalue weighted by atomic mass is 9.47. The van der Waals surface area contributed by atoms with Crippen LogP contribution in [-0.4, -0.2) is 58.2 Å². The third-order valence-electron chi connectivity index (χ3n) is 9.54. The van der Waals surface area contributed by atoms with Crippen LogP contribution in [0.2, 0.25) is 0 Å². The molecule has 0 bridgehead atoms. The van der Waals surface area contributed by atoms with Crippen molar-refractivity contribution in [1.29, 1.82) is 0 Å². The van der Waals surface area contributed by atoms with Crippen molar-refractivity contribution in [2.24, 2.45) is 34.5 Å². The van der Waals surface area contributed by atoms with Gasteiger partial charge in [0, 0.05) is 30.2 Å². The summed E-state index contributed by atoms with van der Waals surface area (Å²) < 4.78 is 0. The molecule has 4 aliphatic rings. The Morgan fingerprint density at radius 1 is 1.12 bits per heavy atom. The van der Waals surface area contributed by atoms with Gasteiger partial charge < -0.3 is 25.7 Å². The lowest BCUT2D eigenvalue weighted by molar-refractivity contribution is -0.134. The van der Waals surface area contributed by atoms with Gasteiger partial charge >= 0.3 is 11.9 Å². The molecular weight excluding hydrogens is 422 g/mol. The minimum absolute atomic E-state index is 0.0147. The van der Waals surface area contributed by atoms with E-state index < -0.39 is 11.9 Å². The average Bonchev–Trinajstić information content (AvgIpc) is 3.18. The normalized spacial score (nSPS) is 40.5. The summed E-state index contributed by atoms with van der Waals surface area (Å²) in [5.74, 6) is -0.124. The van der Waals surface area contributed by atoms with E-state index >= 15 is 0 Å². The molecule has 7 nitrogen and oxygen atoms in total. The summed E-state index contributed by atoms with van der Waals surface area (Å²) in [7, 11) is 2.10. The zero-order valence-electron chi connectivity index (χ0n) is 20.2. The molecule has 0 aliphatic heterocycles. The van der Waals surface area contributed by atoms with Crippen LogP contribution in [0.15, 0.2) is 23.8 Å². The van der Waals surface area contributed by atoms with Crippen LogP contribution in [0.25, 0.3) is 0 Å². The van der Waals surface area contributed by atoms with Gasteiger partial charge in [-0.05, 0) is 94.4 Å². The van der Waals surface area contributed by atoms with E-state index in [1.54, 1.807) is 5.57 Å². The predicted molar refractivity (Wildman–Crippen MR) is 126 cm³/mol. The molecule has 0 radical (unpaired) electrons. The summed E-state index contributed by atoms with van der Waals surface area (Å²) in [4.78, 5) is 19.1. The highest BCUT2D eigenvalue weighted by Crippen LogP contribution is 2.66. The number of rotatable bonds is 5. The third kappa shape index (κ3) is 4.91. The first-order chi connectivity index (χ1) is 15.6. The van der Waals surface area contributed by atoms with Gasteiger partial charge in [-0.15, -0.1) is 0 Å². The maximum Gasteiger partial charge on any atom is 0.328 e. The molecule has 0 amide bonds. The molecule has 33 heavy (non-hydrogen) atoms. The Labute approximate surface area is 197 Å². The zero-order chi connectivity index (χ0) is 24.4. The van der Waals surface area contributed by atoms with Gasteiger partial charge in [-0.25, -0.2) is 9.59 Å². The molecule has 0 heterocycles. The van der Waals surface area contributed by atoms with E-state index in [9.17, 15) is 19.8 Å². The quantitative estimate of drug-likeness (QED) is 0.313. The molecule has 7 heteroatoms. The van der Waals surface area contributed by atoms with Crippen molar-refractivity contribution in [2.45, 2.75) is 77.4 Å². The van der Waals surface area contributed by atoms with Gasteiger partial charge in [0.25, 0.3) is 0 Å². The number of hydrogen-bond acceptors (Lipinski definition) is 5. The topological polar surface area (TPSA) is 127 Å². The number of carbonyl (C=O) groups is 2. The van der Waals surface area contributed by atoms with Crippen molar-refractivity contribution < 1.29 is 30.0 Å². The maximum absolute atomic E-state index is 10.4. The summed E-state index contributed by atoms with van der Waals surface area (Å²) in [6, 6.07) is 0.655. The van der Waals surface area contributed by atoms with Crippen LogP contribution in [0, 0.1) is 34.5 Å². The van der Waals surface area contributed by atoms with Crippen molar-refractivity contribution in [3.05, 3.63) is 23.8 Å². The van der Waals surface area contributed by atoms with Crippen LogP contribution in [0.3, 0.4) is 0 Å². The van der Waals surface area contributed by atoms with Crippen molar-refractivity contribution in [1.82, 2.24) is 5.32 Å². The molecule has 0 aromatic rings. The number of nitrogens with one attached hydrogen (secondary N) is 1. The van der Waals surface area contributed by atoms with Crippen LogP contribution in [-0.2, 0) is 9.59 Å². The lowest BCUT2D eigenvalue weighted by Crippen LogP contribution is -2.53. The Hall–Kier alpha value is -1.70. The van der Waals surface area contributed by atoms with Gasteiger partial charge in [0.2, 0.25) is 0 Å².